The minimum atomic E-state index is 0.197. The first-order valence-corrected chi connectivity index (χ1v) is 6.26. The molecule has 1 heterocycles. The Morgan fingerprint density at radius 1 is 1.26 bits per heavy atom. The third-order valence-electron chi connectivity index (χ3n) is 2.73. The maximum atomic E-state index is 8.96. The summed E-state index contributed by atoms with van der Waals surface area (Å²) in [5, 5.41) is 9.99. The van der Waals surface area contributed by atoms with Gasteiger partial charge in [0.05, 0.1) is 25.8 Å². The van der Waals surface area contributed by atoms with E-state index in [2.05, 4.69) is 11.1 Å². The number of aromatic nitrogens is 1. The largest absolute Gasteiger partial charge is 0.495 e. The molecule has 2 aromatic rings. The van der Waals surface area contributed by atoms with E-state index in [4.69, 9.17) is 33.2 Å². The van der Waals surface area contributed by atoms with Crippen molar-refractivity contribution in [1.29, 1.82) is 5.26 Å². The number of rotatable bonds is 3. The van der Waals surface area contributed by atoms with Crippen molar-refractivity contribution >= 4 is 23.2 Å². The molecule has 5 heteroatoms. The van der Waals surface area contributed by atoms with Gasteiger partial charge < -0.3 is 4.74 Å². The molecular formula is C14H10Cl2N2O. The van der Waals surface area contributed by atoms with E-state index in [9.17, 15) is 0 Å². The zero-order valence-electron chi connectivity index (χ0n) is 10.2. The summed E-state index contributed by atoms with van der Waals surface area (Å²) in [6.45, 7) is 0. The second-order valence-electron chi connectivity index (χ2n) is 3.80. The van der Waals surface area contributed by atoms with Crippen LogP contribution < -0.4 is 4.74 Å². The molecule has 0 atom stereocenters. The van der Waals surface area contributed by atoms with Crippen LogP contribution in [0.1, 0.15) is 5.56 Å². The first-order valence-electron chi connectivity index (χ1n) is 5.51. The van der Waals surface area contributed by atoms with E-state index in [1.54, 1.807) is 30.6 Å². The second-order valence-corrected chi connectivity index (χ2v) is 4.61. The van der Waals surface area contributed by atoms with Gasteiger partial charge in [-0.25, -0.2) is 0 Å². The Bertz CT molecular complexity index is 630. The van der Waals surface area contributed by atoms with Crippen molar-refractivity contribution < 1.29 is 4.74 Å². The van der Waals surface area contributed by atoms with Gasteiger partial charge in [0.15, 0.2) is 0 Å². The van der Waals surface area contributed by atoms with E-state index < -0.39 is 0 Å². The average molecular weight is 293 g/mol. The number of benzene rings is 1. The molecule has 0 spiro atoms. The number of hydrogen-bond donors (Lipinski definition) is 0. The van der Waals surface area contributed by atoms with Gasteiger partial charge in [-0.05, 0) is 12.1 Å². The summed E-state index contributed by atoms with van der Waals surface area (Å²) in [4.78, 5) is 4.11. The van der Waals surface area contributed by atoms with Crippen LogP contribution >= 0.6 is 23.2 Å². The van der Waals surface area contributed by atoms with Crippen LogP contribution in [-0.2, 0) is 6.42 Å². The number of pyridine rings is 1. The zero-order chi connectivity index (χ0) is 13.8. The number of halogens is 2. The van der Waals surface area contributed by atoms with Crippen LogP contribution in [0.15, 0.2) is 30.6 Å². The average Bonchev–Trinajstić information content (AvgIpc) is 2.40. The standard InChI is InChI=1S/C14H10Cl2N2O/c1-19-13-8-18-7-10(9(13)5-6-17)14-11(15)3-2-4-12(14)16/h2-4,7-8H,5H2,1H3. The van der Waals surface area contributed by atoms with Crippen LogP contribution in [0.3, 0.4) is 0 Å². The first-order chi connectivity index (χ1) is 9.19. The Labute approximate surface area is 121 Å². The predicted molar refractivity (Wildman–Crippen MR) is 75.6 cm³/mol. The molecule has 0 radical (unpaired) electrons. The molecule has 0 amide bonds. The Morgan fingerprint density at radius 2 is 1.95 bits per heavy atom. The first kappa shape index (κ1) is 13.7. The van der Waals surface area contributed by atoms with Crippen LogP contribution in [0.5, 0.6) is 5.75 Å². The number of hydrogen-bond acceptors (Lipinski definition) is 3. The lowest BCUT2D eigenvalue weighted by Crippen LogP contribution is -1.97. The highest BCUT2D eigenvalue weighted by Crippen LogP contribution is 2.38. The fraction of sp³-hybridized carbons (Fsp3) is 0.143. The minimum Gasteiger partial charge on any atom is -0.495 e. The molecule has 0 aliphatic rings. The summed E-state index contributed by atoms with van der Waals surface area (Å²) < 4.78 is 5.24. The highest BCUT2D eigenvalue weighted by molar-refractivity contribution is 6.39. The van der Waals surface area contributed by atoms with Gasteiger partial charge in [0.2, 0.25) is 0 Å². The van der Waals surface area contributed by atoms with Crippen LogP contribution in [0.25, 0.3) is 11.1 Å². The lowest BCUT2D eigenvalue weighted by Gasteiger charge is -2.13. The summed E-state index contributed by atoms with van der Waals surface area (Å²) in [6, 6.07) is 7.38. The molecule has 0 saturated carbocycles. The fourth-order valence-corrected chi connectivity index (χ4v) is 2.48. The number of nitriles is 1. The molecule has 0 fully saturated rings. The van der Waals surface area contributed by atoms with E-state index in [1.807, 2.05) is 0 Å². The van der Waals surface area contributed by atoms with E-state index in [-0.39, 0.29) is 6.42 Å². The third-order valence-corrected chi connectivity index (χ3v) is 3.36. The Morgan fingerprint density at radius 3 is 2.53 bits per heavy atom. The summed E-state index contributed by atoms with van der Waals surface area (Å²) >= 11 is 12.4. The van der Waals surface area contributed by atoms with E-state index in [0.29, 0.717) is 21.4 Å². The Balaban J connectivity index is 2.72. The second kappa shape index (κ2) is 5.92. The van der Waals surface area contributed by atoms with Crippen molar-refractivity contribution in [3.05, 3.63) is 46.2 Å². The third kappa shape index (κ3) is 2.65. The lowest BCUT2D eigenvalue weighted by atomic mass is 9.99. The molecule has 0 aliphatic heterocycles. The van der Waals surface area contributed by atoms with Crippen molar-refractivity contribution in [2.75, 3.05) is 7.11 Å². The van der Waals surface area contributed by atoms with Crippen molar-refractivity contribution in [1.82, 2.24) is 4.98 Å². The maximum absolute atomic E-state index is 8.96. The number of ether oxygens (including phenoxy) is 1. The van der Waals surface area contributed by atoms with E-state index in [1.165, 1.54) is 7.11 Å². The summed E-state index contributed by atoms with van der Waals surface area (Å²) in [7, 11) is 1.54. The molecule has 0 aliphatic carbocycles. The van der Waals surface area contributed by atoms with Crippen LogP contribution in [0, 0.1) is 11.3 Å². The minimum absolute atomic E-state index is 0.197. The summed E-state index contributed by atoms with van der Waals surface area (Å²) in [5.74, 6) is 0.551. The van der Waals surface area contributed by atoms with E-state index >= 15 is 0 Å². The Kier molecular flexibility index (Phi) is 4.26. The molecule has 0 N–H and O–H groups in total. The van der Waals surface area contributed by atoms with Gasteiger partial charge in [0, 0.05) is 32.9 Å². The summed E-state index contributed by atoms with van der Waals surface area (Å²) in [6.07, 6.45) is 3.41. The zero-order valence-corrected chi connectivity index (χ0v) is 11.7. The van der Waals surface area contributed by atoms with Crippen LogP contribution in [0.4, 0.5) is 0 Å². The van der Waals surface area contributed by atoms with Crippen molar-refractivity contribution in [3.8, 4) is 22.9 Å². The number of nitrogens with zero attached hydrogens (tertiary/aromatic N) is 2. The molecule has 1 aromatic heterocycles. The highest BCUT2D eigenvalue weighted by atomic mass is 35.5. The molecule has 2 rings (SSSR count). The van der Waals surface area contributed by atoms with Gasteiger partial charge in [0.1, 0.15) is 5.75 Å². The van der Waals surface area contributed by atoms with Gasteiger partial charge in [-0.2, -0.15) is 5.26 Å². The molecule has 96 valence electrons. The van der Waals surface area contributed by atoms with E-state index in [0.717, 1.165) is 11.1 Å². The number of methoxy groups -OCH3 is 1. The fourth-order valence-electron chi connectivity index (χ4n) is 1.88. The van der Waals surface area contributed by atoms with Crippen molar-refractivity contribution in [2.24, 2.45) is 0 Å². The molecule has 0 bridgehead atoms. The quantitative estimate of drug-likeness (QED) is 0.854. The van der Waals surface area contributed by atoms with Gasteiger partial charge >= 0.3 is 0 Å². The highest BCUT2D eigenvalue weighted by Gasteiger charge is 2.16. The normalized spacial score (nSPS) is 10.0. The summed E-state index contributed by atoms with van der Waals surface area (Å²) in [5.41, 5.74) is 2.12. The van der Waals surface area contributed by atoms with Crippen LogP contribution in [-0.4, -0.2) is 12.1 Å². The monoisotopic (exact) mass is 292 g/mol. The molecule has 1 aromatic carbocycles. The van der Waals surface area contributed by atoms with Gasteiger partial charge in [-0.1, -0.05) is 29.3 Å². The molecule has 0 saturated heterocycles. The van der Waals surface area contributed by atoms with Gasteiger partial charge in [-0.15, -0.1) is 0 Å². The smallest absolute Gasteiger partial charge is 0.142 e. The van der Waals surface area contributed by atoms with Crippen molar-refractivity contribution in [3.63, 3.8) is 0 Å². The molecule has 0 unspecified atom stereocenters. The molecule has 3 nitrogen and oxygen atoms in total. The van der Waals surface area contributed by atoms with Gasteiger partial charge in [-0.3, -0.25) is 4.98 Å². The van der Waals surface area contributed by atoms with Crippen molar-refractivity contribution in [2.45, 2.75) is 6.42 Å². The molecule has 19 heavy (non-hydrogen) atoms. The van der Waals surface area contributed by atoms with Crippen LogP contribution in [0.2, 0.25) is 10.0 Å². The predicted octanol–water partition coefficient (Wildman–Crippen LogP) is 4.13. The maximum Gasteiger partial charge on any atom is 0.142 e. The topological polar surface area (TPSA) is 45.9 Å². The van der Waals surface area contributed by atoms with Gasteiger partial charge in [0.25, 0.3) is 0 Å². The lowest BCUT2D eigenvalue weighted by molar-refractivity contribution is 0.409. The molecular weight excluding hydrogens is 283 g/mol. The Hall–Kier alpha value is -1.76. The SMILES string of the molecule is COc1cncc(-c2c(Cl)cccc2Cl)c1CC#N.